The predicted molar refractivity (Wildman–Crippen MR) is 63.8 cm³/mol. The summed E-state index contributed by atoms with van der Waals surface area (Å²) in [6.45, 7) is 0.651. The van der Waals surface area contributed by atoms with Gasteiger partial charge >= 0.3 is 0 Å². The van der Waals surface area contributed by atoms with E-state index in [4.69, 9.17) is 16.3 Å². The van der Waals surface area contributed by atoms with E-state index in [1.165, 1.54) is 0 Å². The maximum Gasteiger partial charge on any atom is 0.257 e. The van der Waals surface area contributed by atoms with Crippen LogP contribution in [-0.4, -0.2) is 26.6 Å². The Kier molecular flexibility index (Phi) is 5.08. The molecule has 0 spiro atoms. The third-order valence-electron chi connectivity index (χ3n) is 2.03. The standard InChI is InChI=1S/C11H15ClN2O2/c1-13-6-8-5-9(12)3-4-10(8)16-7-11(15)14-2/h3-5,13H,6-7H2,1-2H3,(H,14,15). The van der Waals surface area contributed by atoms with Gasteiger partial charge in [-0.1, -0.05) is 11.6 Å². The minimum atomic E-state index is -0.162. The highest BCUT2D eigenvalue weighted by Gasteiger charge is 2.06. The second-order valence-corrected chi connectivity index (χ2v) is 3.68. The van der Waals surface area contributed by atoms with Crippen LogP contribution in [-0.2, 0) is 11.3 Å². The summed E-state index contributed by atoms with van der Waals surface area (Å²) in [6.07, 6.45) is 0. The molecule has 2 N–H and O–H groups in total. The molecule has 0 saturated carbocycles. The fourth-order valence-corrected chi connectivity index (χ4v) is 1.43. The number of carbonyl (C=O) groups excluding carboxylic acids is 1. The lowest BCUT2D eigenvalue weighted by molar-refractivity contribution is -0.122. The van der Waals surface area contributed by atoms with Crippen LogP contribution in [0.3, 0.4) is 0 Å². The Hall–Kier alpha value is -1.26. The van der Waals surface area contributed by atoms with Gasteiger partial charge in [0.15, 0.2) is 6.61 Å². The second kappa shape index (κ2) is 6.35. The molecule has 0 bridgehead atoms. The van der Waals surface area contributed by atoms with Crippen molar-refractivity contribution in [1.29, 1.82) is 0 Å². The number of benzene rings is 1. The third-order valence-corrected chi connectivity index (χ3v) is 2.26. The molecule has 0 aliphatic heterocycles. The summed E-state index contributed by atoms with van der Waals surface area (Å²) >= 11 is 5.88. The molecule has 5 heteroatoms. The summed E-state index contributed by atoms with van der Waals surface area (Å²) in [4.78, 5) is 11.0. The van der Waals surface area contributed by atoms with Gasteiger partial charge in [0.1, 0.15) is 5.75 Å². The summed E-state index contributed by atoms with van der Waals surface area (Å²) in [7, 11) is 3.41. The fraction of sp³-hybridized carbons (Fsp3) is 0.364. The molecular formula is C11H15ClN2O2. The fourth-order valence-electron chi connectivity index (χ4n) is 1.23. The Morgan fingerprint density at radius 2 is 2.19 bits per heavy atom. The van der Waals surface area contributed by atoms with Gasteiger partial charge in [-0.2, -0.15) is 0 Å². The quantitative estimate of drug-likeness (QED) is 0.816. The van der Waals surface area contributed by atoms with Gasteiger partial charge < -0.3 is 15.4 Å². The molecule has 4 nitrogen and oxygen atoms in total. The van der Waals surface area contributed by atoms with Crippen molar-refractivity contribution >= 4 is 17.5 Å². The van der Waals surface area contributed by atoms with Crippen LogP contribution >= 0.6 is 11.6 Å². The number of likely N-dealkylation sites (N-methyl/N-ethyl adjacent to an activating group) is 1. The minimum absolute atomic E-state index is 0.00878. The maximum atomic E-state index is 11.0. The van der Waals surface area contributed by atoms with Crippen molar-refractivity contribution in [3.05, 3.63) is 28.8 Å². The average Bonchev–Trinajstić information content (AvgIpc) is 2.28. The van der Waals surface area contributed by atoms with E-state index in [-0.39, 0.29) is 12.5 Å². The van der Waals surface area contributed by atoms with E-state index < -0.39 is 0 Å². The van der Waals surface area contributed by atoms with Crippen LogP contribution in [0.15, 0.2) is 18.2 Å². The van der Waals surface area contributed by atoms with E-state index in [0.29, 0.717) is 17.3 Å². The van der Waals surface area contributed by atoms with E-state index in [9.17, 15) is 4.79 Å². The van der Waals surface area contributed by atoms with Crippen molar-refractivity contribution in [1.82, 2.24) is 10.6 Å². The van der Waals surface area contributed by atoms with Crippen LogP contribution in [0.1, 0.15) is 5.56 Å². The number of hydrogen-bond donors (Lipinski definition) is 2. The van der Waals surface area contributed by atoms with Crippen LogP contribution in [0.25, 0.3) is 0 Å². The van der Waals surface area contributed by atoms with Crippen LogP contribution in [0.2, 0.25) is 5.02 Å². The first kappa shape index (κ1) is 12.8. The highest BCUT2D eigenvalue weighted by Crippen LogP contribution is 2.22. The smallest absolute Gasteiger partial charge is 0.257 e. The lowest BCUT2D eigenvalue weighted by Gasteiger charge is -2.11. The zero-order valence-corrected chi connectivity index (χ0v) is 10.1. The Morgan fingerprint density at radius 3 is 2.81 bits per heavy atom. The van der Waals surface area contributed by atoms with Crippen molar-refractivity contribution < 1.29 is 9.53 Å². The SMILES string of the molecule is CNCc1cc(Cl)ccc1OCC(=O)NC. The molecule has 1 amide bonds. The molecular weight excluding hydrogens is 228 g/mol. The molecule has 16 heavy (non-hydrogen) atoms. The summed E-state index contributed by atoms with van der Waals surface area (Å²) in [5.41, 5.74) is 0.930. The molecule has 0 saturated heterocycles. The number of halogens is 1. The Balaban J connectivity index is 2.73. The van der Waals surface area contributed by atoms with Crippen molar-refractivity contribution in [3.63, 3.8) is 0 Å². The lowest BCUT2D eigenvalue weighted by Crippen LogP contribution is -2.25. The molecule has 0 aliphatic rings. The van der Waals surface area contributed by atoms with E-state index >= 15 is 0 Å². The third kappa shape index (κ3) is 3.72. The molecule has 0 aliphatic carbocycles. The predicted octanol–water partition coefficient (Wildman–Crippen LogP) is 1.18. The van der Waals surface area contributed by atoms with Gasteiger partial charge in [-0.25, -0.2) is 0 Å². The summed E-state index contributed by atoms with van der Waals surface area (Å²) in [5, 5.41) is 6.16. The van der Waals surface area contributed by atoms with Gasteiger partial charge in [0.2, 0.25) is 0 Å². The lowest BCUT2D eigenvalue weighted by atomic mass is 10.2. The number of ether oxygens (including phenoxy) is 1. The van der Waals surface area contributed by atoms with Crippen molar-refractivity contribution in [2.24, 2.45) is 0 Å². The van der Waals surface area contributed by atoms with Crippen molar-refractivity contribution in [2.75, 3.05) is 20.7 Å². The average molecular weight is 243 g/mol. The first-order valence-corrected chi connectivity index (χ1v) is 5.31. The Bertz CT molecular complexity index is 369. The van der Waals surface area contributed by atoms with Gasteiger partial charge in [0.05, 0.1) is 0 Å². The number of hydrogen-bond acceptors (Lipinski definition) is 3. The second-order valence-electron chi connectivity index (χ2n) is 3.24. The molecule has 0 aromatic heterocycles. The molecule has 0 unspecified atom stereocenters. The van der Waals surface area contributed by atoms with E-state index in [1.807, 2.05) is 13.1 Å². The molecule has 88 valence electrons. The van der Waals surface area contributed by atoms with Crippen LogP contribution in [0, 0.1) is 0 Å². The van der Waals surface area contributed by atoms with Gasteiger partial charge in [-0.3, -0.25) is 4.79 Å². The number of amides is 1. The molecule has 0 heterocycles. The van der Waals surface area contributed by atoms with Crippen LogP contribution in [0.5, 0.6) is 5.75 Å². The van der Waals surface area contributed by atoms with E-state index in [1.54, 1.807) is 19.2 Å². The van der Waals surface area contributed by atoms with Crippen LogP contribution in [0.4, 0.5) is 0 Å². The van der Waals surface area contributed by atoms with Gasteiger partial charge in [-0.15, -0.1) is 0 Å². The molecule has 1 rings (SSSR count). The first-order chi connectivity index (χ1) is 7.67. The number of nitrogens with one attached hydrogen (secondary N) is 2. The molecule has 1 aromatic carbocycles. The molecule has 1 aromatic rings. The normalized spacial score (nSPS) is 9.94. The zero-order valence-electron chi connectivity index (χ0n) is 9.34. The first-order valence-electron chi connectivity index (χ1n) is 4.93. The van der Waals surface area contributed by atoms with E-state index in [2.05, 4.69) is 10.6 Å². The topological polar surface area (TPSA) is 50.4 Å². The number of rotatable bonds is 5. The monoisotopic (exact) mass is 242 g/mol. The Labute approximate surface area is 99.9 Å². The maximum absolute atomic E-state index is 11.0. The number of carbonyl (C=O) groups is 1. The Morgan fingerprint density at radius 1 is 1.44 bits per heavy atom. The molecule has 0 radical (unpaired) electrons. The minimum Gasteiger partial charge on any atom is -0.483 e. The highest BCUT2D eigenvalue weighted by molar-refractivity contribution is 6.30. The van der Waals surface area contributed by atoms with Gasteiger partial charge in [0, 0.05) is 24.2 Å². The van der Waals surface area contributed by atoms with Gasteiger partial charge in [0.25, 0.3) is 5.91 Å². The zero-order chi connectivity index (χ0) is 12.0. The van der Waals surface area contributed by atoms with Crippen molar-refractivity contribution in [2.45, 2.75) is 6.54 Å². The summed E-state index contributed by atoms with van der Waals surface area (Å²) in [5.74, 6) is 0.507. The molecule has 0 fully saturated rings. The molecule has 0 atom stereocenters. The highest BCUT2D eigenvalue weighted by atomic mass is 35.5. The van der Waals surface area contributed by atoms with E-state index in [0.717, 1.165) is 5.56 Å². The largest absolute Gasteiger partial charge is 0.483 e. The van der Waals surface area contributed by atoms with Crippen molar-refractivity contribution in [3.8, 4) is 5.75 Å². The van der Waals surface area contributed by atoms with Crippen LogP contribution < -0.4 is 15.4 Å². The summed E-state index contributed by atoms with van der Waals surface area (Å²) < 4.78 is 5.39. The summed E-state index contributed by atoms with van der Waals surface area (Å²) in [6, 6.07) is 5.31. The van der Waals surface area contributed by atoms with Gasteiger partial charge in [-0.05, 0) is 25.2 Å².